The number of aliphatic hydroxyl groups excluding tert-OH is 1. The Kier molecular flexibility index (Phi) is 7.21. The molecule has 9 heteroatoms. The number of benzene rings is 2. The summed E-state index contributed by atoms with van der Waals surface area (Å²) in [7, 11) is 0. The first kappa shape index (κ1) is 22.5. The summed E-state index contributed by atoms with van der Waals surface area (Å²) in [6.07, 6.45) is 0.653. The Labute approximate surface area is 190 Å². The lowest BCUT2D eigenvalue weighted by molar-refractivity contribution is -0.268. The molecule has 2 heterocycles. The lowest BCUT2D eigenvalue weighted by Crippen LogP contribution is -2.38. The maximum Gasteiger partial charge on any atom is 0.221 e. The largest absolute Gasteiger partial charge is 0.392 e. The first-order valence-corrected chi connectivity index (χ1v) is 11.4. The molecule has 168 valence electrons. The van der Waals surface area contributed by atoms with E-state index in [2.05, 4.69) is 27.4 Å². The van der Waals surface area contributed by atoms with Gasteiger partial charge in [-0.25, -0.2) is 4.98 Å². The minimum Gasteiger partial charge on any atom is -0.392 e. The molecule has 3 aromatic rings. The molecule has 0 aliphatic carbocycles. The highest BCUT2D eigenvalue weighted by Gasteiger charge is 2.38. The highest BCUT2D eigenvalue weighted by atomic mass is 32.2. The molecule has 1 fully saturated rings. The van der Waals surface area contributed by atoms with Gasteiger partial charge in [0.15, 0.2) is 11.4 Å². The molecule has 1 saturated heterocycles. The van der Waals surface area contributed by atoms with Crippen LogP contribution in [0.4, 0.5) is 5.69 Å². The van der Waals surface area contributed by atoms with E-state index in [1.165, 1.54) is 13.3 Å². The Balaban J connectivity index is 1.56. The third-order valence-corrected chi connectivity index (χ3v) is 6.37. The van der Waals surface area contributed by atoms with Crippen LogP contribution in [0.2, 0.25) is 0 Å². The van der Waals surface area contributed by atoms with Crippen molar-refractivity contribution in [2.24, 2.45) is 5.92 Å². The predicted octanol–water partition coefficient (Wildman–Crippen LogP) is 3.84. The first-order valence-electron chi connectivity index (χ1n) is 10.4. The van der Waals surface area contributed by atoms with Crippen molar-refractivity contribution in [2.75, 3.05) is 11.1 Å². The van der Waals surface area contributed by atoms with E-state index in [-0.39, 0.29) is 30.6 Å². The van der Waals surface area contributed by atoms with Crippen molar-refractivity contribution in [2.45, 2.75) is 44.1 Å². The van der Waals surface area contributed by atoms with Gasteiger partial charge >= 0.3 is 0 Å². The zero-order valence-electron chi connectivity index (χ0n) is 17.9. The van der Waals surface area contributed by atoms with Crippen molar-refractivity contribution in [1.82, 2.24) is 15.2 Å². The zero-order chi connectivity index (χ0) is 22.5. The summed E-state index contributed by atoms with van der Waals surface area (Å²) >= 11 is 1.56. The molecule has 0 unspecified atom stereocenters. The van der Waals surface area contributed by atoms with E-state index in [0.29, 0.717) is 5.75 Å². The summed E-state index contributed by atoms with van der Waals surface area (Å²) in [5, 5.41) is 19.7. The zero-order valence-corrected chi connectivity index (χ0v) is 18.7. The Morgan fingerprint density at radius 2 is 1.84 bits per heavy atom. The van der Waals surface area contributed by atoms with Gasteiger partial charge in [-0.1, -0.05) is 55.1 Å². The number of aliphatic hydroxyl groups is 1. The number of aromatic nitrogens is 3. The Bertz CT molecular complexity index is 1010. The number of H-pyrrole nitrogens is 1. The van der Waals surface area contributed by atoms with Gasteiger partial charge in [0.1, 0.15) is 6.33 Å². The monoisotopic (exact) mass is 454 g/mol. The second kappa shape index (κ2) is 10.3. The number of ether oxygens (including phenoxy) is 2. The van der Waals surface area contributed by atoms with Crippen LogP contribution < -0.4 is 5.32 Å². The minimum atomic E-state index is -0.555. The molecule has 4 atom stereocenters. The van der Waals surface area contributed by atoms with Crippen LogP contribution in [0.5, 0.6) is 0 Å². The number of amides is 1. The first-order chi connectivity index (χ1) is 15.5. The number of carbonyl (C=O) groups is 1. The topological polar surface area (TPSA) is 109 Å². The van der Waals surface area contributed by atoms with Gasteiger partial charge in [-0.15, -0.1) is 0 Å². The number of rotatable bonds is 7. The van der Waals surface area contributed by atoms with Crippen LogP contribution in [0, 0.1) is 5.92 Å². The standard InChI is InChI=1S/C23H26N4O4S/c1-14-20(12-32-23-24-13-25-27-23)30-22(18-7-9-19(10-8-18)26-15(2)29)31-21(14)17-5-3-16(11-28)4-6-17/h3-10,13-14,20-22,28H,11-12H2,1-2H3,(H,26,29)(H,24,25,27)/t14-,20+,21+,22+/m0/s1. The molecule has 0 spiro atoms. The predicted molar refractivity (Wildman–Crippen MR) is 121 cm³/mol. The molecule has 32 heavy (non-hydrogen) atoms. The smallest absolute Gasteiger partial charge is 0.221 e. The SMILES string of the molecule is CC(=O)Nc1ccc([C@@H]2O[C@H](CSc3ncn[nH]3)[C@H](C)[C@H](c3ccc(CO)cc3)O2)cc1. The van der Waals surface area contributed by atoms with Crippen molar-refractivity contribution < 1.29 is 19.4 Å². The molecule has 0 bridgehead atoms. The summed E-state index contributed by atoms with van der Waals surface area (Å²) in [6.45, 7) is 3.60. The number of nitrogens with zero attached hydrogens (tertiary/aromatic N) is 2. The van der Waals surface area contributed by atoms with Crippen molar-refractivity contribution >= 4 is 23.4 Å². The maximum atomic E-state index is 11.3. The molecule has 1 aliphatic heterocycles. The molecule has 8 nitrogen and oxygen atoms in total. The molecular weight excluding hydrogens is 428 g/mol. The molecular formula is C23H26N4O4S. The van der Waals surface area contributed by atoms with Gasteiger partial charge in [-0.05, 0) is 23.3 Å². The van der Waals surface area contributed by atoms with Crippen LogP contribution in [-0.2, 0) is 20.9 Å². The fourth-order valence-corrected chi connectivity index (χ4v) is 4.60. The highest BCUT2D eigenvalue weighted by Crippen LogP contribution is 2.42. The maximum absolute atomic E-state index is 11.3. The van der Waals surface area contributed by atoms with Gasteiger partial charge in [0.25, 0.3) is 0 Å². The second-order valence-corrected chi connectivity index (χ2v) is 8.74. The van der Waals surface area contributed by atoms with Crippen molar-refractivity contribution in [3.63, 3.8) is 0 Å². The van der Waals surface area contributed by atoms with E-state index in [1.807, 2.05) is 48.5 Å². The van der Waals surface area contributed by atoms with Gasteiger partial charge in [0.05, 0.1) is 18.8 Å². The third kappa shape index (κ3) is 5.36. The van der Waals surface area contributed by atoms with Gasteiger partial charge in [0.2, 0.25) is 5.91 Å². The number of thioether (sulfide) groups is 1. The van der Waals surface area contributed by atoms with Crippen molar-refractivity contribution in [1.29, 1.82) is 0 Å². The molecule has 1 aliphatic rings. The summed E-state index contributed by atoms with van der Waals surface area (Å²) in [4.78, 5) is 15.5. The molecule has 4 rings (SSSR count). The molecule has 3 N–H and O–H groups in total. The molecule has 0 radical (unpaired) electrons. The minimum absolute atomic E-state index is 0.00415. The van der Waals surface area contributed by atoms with E-state index in [9.17, 15) is 9.90 Å². The van der Waals surface area contributed by atoms with E-state index in [0.717, 1.165) is 27.5 Å². The molecule has 0 saturated carbocycles. The molecule has 1 amide bonds. The van der Waals surface area contributed by atoms with Crippen LogP contribution in [0.3, 0.4) is 0 Å². The Morgan fingerprint density at radius 1 is 1.12 bits per heavy atom. The van der Waals surface area contributed by atoms with Gasteiger partial charge in [-0.3, -0.25) is 9.89 Å². The van der Waals surface area contributed by atoms with Crippen LogP contribution in [-0.4, -0.2) is 38.1 Å². The number of hydrogen-bond acceptors (Lipinski definition) is 7. The normalized spacial score (nSPS) is 23.1. The third-order valence-electron chi connectivity index (χ3n) is 5.40. The number of aromatic amines is 1. The van der Waals surface area contributed by atoms with Crippen LogP contribution in [0.15, 0.2) is 60.0 Å². The average Bonchev–Trinajstić information content (AvgIpc) is 3.32. The summed E-state index contributed by atoms with van der Waals surface area (Å²) in [6, 6.07) is 15.3. The van der Waals surface area contributed by atoms with Gasteiger partial charge < -0.3 is 19.9 Å². The quantitative estimate of drug-likeness (QED) is 0.465. The fraction of sp³-hybridized carbons (Fsp3) is 0.348. The van der Waals surface area contributed by atoms with Crippen molar-refractivity contribution in [3.8, 4) is 0 Å². The Hall–Kier alpha value is -2.72. The van der Waals surface area contributed by atoms with Gasteiger partial charge in [0, 0.05) is 29.8 Å². The number of carbonyl (C=O) groups excluding carboxylic acids is 1. The molecule has 2 aromatic carbocycles. The van der Waals surface area contributed by atoms with Crippen molar-refractivity contribution in [3.05, 3.63) is 71.5 Å². The molecule has 1 aromatic heterocycles. The summed E-state index contributed by atoms with van der Waals surface area (Å²) in [5.74, 6) is 0.652. The number of hydrogen-bond donors (Lipinski definition) is 3. The van der Waals surface area contributed by atoms with E-state index < -0.39 is 6.29 Å². The van der Waals surface area contributed by atoms with E-state index in [4.69, 9.17) is 9.47 Å². The average molecular weight is 455 g/mol. The van der Waals surface area contributed by atoms with E-state index >= 15 is 0 Å². The second-order valence-electron chi connectivity index (χ2n) is 7.73. The van der Waals surface area contributed by atoms with Crippen LogP contribution in [0.1, 0.15) is 42.9 Å². The lowest BCUT2D eigenvalue weighted by Gasteiger charge is -2.41. The number of nitrogens with one attached hydrogen (secondary N) is 2. The Morgan fingerprint density at radius 3 is 2.47 bits per heavy atom. The van der Waals surface area contributed by atoms with Crippen LogP contribution in [0.25, 0.3) is 0 Å². The number of anilines is 1. The lowest BCUT2D eigenvalue weighted by atomic mass is 9.91. The summed E-state index contributed by atoms with van der Waals surface area (Å²) < 4.78 is 12.8. The van der Waals surface area contributed by atoms with Crippen LogP contribution >= 0.6 is 11.8 Å². The van der Waals surface area contributed by atoms with E-state index in [1.54, 1.807) is 11.8 Å². The highest BCUT2D eigenvalue weighted by molar-refractivity contribution is 7.99. The summed E-state index contributed by atoms with van der Waals surface area (Å²) in [5.41, 5.74) is 3.49. The fourth-order valence-electron chi connectivity index (χ4n) is 3.66. The van der Waals surface area contributed by atoms with Gasteiger partial charge in [-0.2, -0.15) is 5.10 Å².